The van der Waals surface area contributed by atoms with Crippen LogP contribution in [-0.2, 0) is 19.6 Å². The van der Waals surface area contributed by atoms with E-state index in [0.29, 0.717) is 0 Å². The SMILES string of the molecule is CN(C)Cc1ccc2c(c1)CNC2.[B]B([B])B([B])B(B([B])[B])B(B(B([B])[B])B([B])[B])B(B(B(B([B])[B])B([B])[B])B(B([B])[B])B([B])[B])B(B(B(B(B([B])[B])B([B])[B])B(B([B])[B])B([B])[B])B(B(B([B])[B])B([B])[B])B(B([B])[B])B([B])[B])B(B(B(B([B])[B])B([B])[B])B(B([B])[B])B([B])[B])B(B(B([B])[B])B([B])[B])B(B([B])[B])B([B])[B]. The van der Waals surface area contributed by atoms with E-state index in [4.69, 9.17) is 379 Å². The molecule has 0 fully saturated rings. The van der Waals surface area contributed by atoms with Crippen molar-refractivity contribution in [2.45, 2.75) is 19.6 Å². The maximum absolute atomic E-state index is 7.34. The van der Waals surface area contributed by atoms with E-state index in [1.54, 1.807) is 0 Å². The van der Waals surface area contributed by atoms with Crippen molar-refractivity contribution in [3.05, 3.63) is 34.9 Å². The molecule has 1 aliphatic rings. The molecule has 0 aliphatic carbocycles. The summed E-state index contributed by atoms with van der Waals surface area (Å²) in [7, 11) is 351. The lowest BCUT2D eigenvalue weighted by Gasteiger charge is -2.63. The lowest BCUT2D eigenvalue weighted by atomic mass is 8.18. The third kappa shape index (κ3) is 31.2. The van der Waals surface area contributed by atoms with E-state index in [9.17, 15) is 0 Å². The Balaban J connectivity index is 0.00000406. The first-order valence-corrected chi connectivity index (χ1v) is 36.4. The highest BCUT2D eigenvalue weighted by atomic mass is 15.0. The molecule has 0 saturated heterocycles. The van der Waals surface area contributed by atoms with Crippen LogP contribution in [0.3, 0.4) is 0 Å². The Morgan fingerprint density at radius 2 is 0.349 bits per heavy atom. The van der Waals surface area contributed by atoms with Gasteiger partial charge in [0.1, 0.15) is 0 Å². The fourth-order valence-corrected chi connectivity index (χ4v) is 19.0. The van der Waals surface area contributed by atoms with Crippen LogP contribution < -0.4 is 5.32 Å². The van der Waals surface area contributed by atoms with Crippen LogP contribution in [0, 0.1) is 0 Å². The van der Waals surface area contributed by atoms with Crippen LogP contribution in [-0.4, -0.2) is 698 Å². The molecule has 0 unspecified atom stereocenters. The summed E-state index contributed by atoms with van der Waals surface area (Å²) in [5, 5.41) is 3.35. The highest BCUT2D eigenvalue weighted by Crippen LogP contribution is 2.30. The van der Waals surface area contributed by atoms with Gasteiger partial charge in [-0.2, -0.15) is 0 Å². The quantitative estimate of drug-likeness (QED) is 0.0654. The summed E-state index contributed by atoms with van der Waals surface area (Å²) in [6.07, 6.45) is -87.6. The molecular formula is C11H16B96N2. The molecule has 0 atom stereocenters. The average molecular weight is 1210 g/mol. The van der Waals surface area contributed by atoms with Gasteiger partial charge < -0.3 is 10.2 Å². The lowest BCUT2D eigenvalue weighted by Crippen LogP contribution is -3.01. The Morgan fingerprint density at radius 1 is 0.202 bits per heavy atom. The van der Waals surface area contributed by atoms with Crippen molar-refractivity contribution in [1.29, 1.82) is 0 Å². The monoisotopic (exact) mass is 1230 g/mol. The second kappa shape index (κ2) is 52.3. The van der Waals surface area contributed by atoms with E-state index >= 15 is 0 Å². The van der Waals surface area contributed by atoms with Gasteiger partial charge in [-0.1, -0.05) is 18.2 Å². The van der Waals surface area contributed by atoms with Crippen LogP contribution in [0.1, 0.15) is 16.7 Å². The van der Waals surface area contributed by atoms with Crippen molar-refractivity contribution >= 4 is 679 Å². The van der Waals surface area contributed by atoms with Crippen molar-refractivity contribution in [2.75, 3.05) is 14.1 Å². The normalized spacial score (nSPS) is 10.4. The maximum Gasteiger partial charge on any atom is 0.0227 e. The van der Waals surface area contributed by atoms with E-state index < -0.39 is 300 Å². The molecule has 1 aromatic rings. The minimum absolute atomic E-state index is 1.03. The van der Waals surface area contributed by atoms with E-state index in [0.717, 1.165) is 19.6 Å². The van der Waals surface area contributed by atoms with Gasteiger partial charge in [0.15, 0.2) is 0 Å². The van der Waals surface area contributed by atoms with E-state index in [-0.39, 0.29) is 0 Å². The summed E-state index contributed by atoms with van der Waals surface area (Å²) < 4.78 is 0. The van der Waals surface area contributed by atoms with Crippen molar-refractivity contribution < 1.29 is 0 Å². The molecule has 98 radical (unpaired) electrons. The molecule has 98 heteroatoms. The predicted molar refractivity (Wildman–Crippen MR) is 607 cm³/mol. The molecule has 0 bridgehead atoms. The second-order valence-electron chi connectivity index (χ2n) is 31.1. The third-order valence-electron chi connectivity index (χ3n) is 22.8. The molecular weight excluding hydrogens is 1200 g/mol. The maximum atomic E-state index is 7.34. The molecule has 0 spiro atoms. The van der Waals surface area contributed by atoms with Crippen LogP contribution in [0.4, 0.5) is 0 Å². The fourth-order valence-electron chi connectivity index (χ4n) is 19.0. The molecule has 109 heavy (non-hydrogen) atoms. The number of rotatable bonds is 48. The van der Waals surface area contributed by atoms with Crippen molar-refractivity contribution in [3.8, 4) is 0 Å². The fraction of sp³-hybridized carbons (Fsp3) is 0.455. The Hall–Kier alpha value is 5.37. The zero-order chi connectivity index (χ0) is 85.4. The zero-order valence-electron chi connectivity index (χ0n) is 63.7. The standard InChI is InChI=1S/C11H16N2.B96/c1-13(2)8-9-3-4-10-6-12-7-11(10)5-9;1-50(2)74(49)86(73(47)48)92(85(71(43)44)72(45)46)95(91(83(67(35)36)68(37)38)84(69(39)40)70(41)42)96(93(87(75(51(3)4)52(5)6)76(53(7)8)54(9)10)88(77(55(11)12)56(13)14)78(57(15)16)58(17)18)94(89(79(59(19)20)60(21)22)80(61(23)24)62(25)26)90(81(63(27)28)64(29)30)82(65(31)32)66(33)34/h3-5,12H,6-8H2,1-2H3;. The van der Waals surface area contributed by atoms with Crippen LogP contribution in [0.25, 0.3) is 0 Å². The smallest absolute Gasteiger partial charge is 0.0227 e. The van der Waals surface area contributed by atoms with Gasteiger partial charge in [0.2, 0.25) is 0 Å². The molecule has 0 saturated carbocycles. The molecule has 0 aromatic heterocycles. The summed E-state index contributed by atoms with van der Waals surface area (Å²) in [5.41, 5.74) is 4.34. The Labute approximate surface area is 750 Å². The average Bonchev–Trinajstić information content (AvgIpc) is 1.38. The van der Waals surface area contributed by atoms with Gasteiger partial charge in [0.05, 0.1) is 0 Å². The molecule has 2 rings (SSSR count). The summed E-state index contributed by atoms with van der Waals surface area (Å²) >= 11 is 0. The number of fused-ring (bicyclic) bond motifs is 1. The summed E-state index contributed by atoms with van der Waals surface area (Å²) in [6.45, 7) is 3.11. The van der Waals surface area contributed by atoms with Gasteiger partial charge in [-0.25, -0.2) is 0 Å². The molecule has 1 N–H and O–H groups in total. The minimum Gasteiger partial charge on any atom is -0.309 e. The Bertz CT molecular complexity index is 2200. The van der Waals surface area contributed by atoms with Crippen LogP contribution in [0.15, 0.2) is 18.2 Å². The first-order chi connectivity index (χ1) is 49.9. The van der Waals surface area contributed by atoms with Crippen molar-refractivity contribution in [2.24, 2.45) is 0 Å². The topological polar surface area (TPSA) is 15.3 Å². The second-order valence-corrected chi connectivity index (χ2v) is 31.1. The number of hydrogen-bond acceptors (Lipinski definition) is 2. The van der Waals surface area contributed by atoms with E-state index in [1.807, 2.05) is 0 Å². The third-order valence-corrected chi connectivity index (χ3v) is 22.8. The molecule has 2 nitrogen and oxygen atoms in total. The van der Waals surface area contributed by atoms with E-state index in [1.165, 1.54) is 16.7 Å². The molecule has 1 heterocycles. The van der Waals surface area contributed by atoms with Crippen LogP contribution >= 0.6 is 0 Å². The highest BCUT2D eigenvalue weighted by molar-refractivity contribution is 8.43. The van der Waals surface area contributed by atoms with Gasteiger partial charge in [-0.3, -0.25) is 0 Å². The lowest BCUT2D eigenvalue weighted by molar-refractivity contribution is 0.402. The molecule has 358 valence electrons. The number of hydrogen-bond donors (Lipinski definition) is 1. The van der Waals surface area contributed by atoms with Gasteiger partial charge in [0.25, 0.3) is 0 Å². The summed E-state index contributed by atoms with van der Waals surface area (Å²) in [6, 6.07) is 6.79. The number of benzene rings is 1. The van der Waals surface area contributed by atoms with Gasteiger partial charge in [0, 0.05) is 699 Å². The van der Waals surface area contributed by atoms with Gasteiger partial charge in [-0.15, -0.1) is 0 Å². The summed E-state index contributed by atoms with van der Waals surface area (Å²) in [5.74, 6) is 0. The zero-order valence-corrected chi connectivity index (χ0v) is 63.7. The van der Waals surface area contributed by atoms with Crippen LogP contribution in [0.5, 0.6) is 0 Å². The van der Waals surface area contributed by atoms with Gasteiger partial charge in [-0.05, 0) is 30.8 Å². The Morgan fingerprint density at radius 3 is 0.495 bits per heavy atom. The molecule has 1 aliphatic heterocycles. The number of nitrogens with zero attached hydrogens (tertiary/aromatic N) is 1. The Kier molecular flexibility index (Phi) is 54.0. The predicted octanol–water partition coefficient (Wildman–Crippen LogP) is -35.2. The first kappa shape index (κ1) is 112. The van der Waals surface area contributed by atoms with Gasteiger partial charge >= 0.3 is 0 Å². The van der Waals surface area contributed by atoms with Crippen LogP contribution in [0.2, 0.25) is 0 Å². The number of nitrogens with one attached hydrogen (secondary N) is 1. The van der Waals surface area contributed by atoms with Crippen molar-refractivity contribution in [3.63, 3.8) is 0 Å². The van der Waals surface area contributed by atoms with E-state index in [2.05, 4.69) is 42.5 Å². The minimum atomic E-state index is -2.26. The molecule has 1 aromatic carbocycles. The largest absolute Gasteiger partial charge is 0.309 e. The highest BCUT2D eigenvalue weighted by Gasteiger charge is 2.68. The van der Waals surface area contributed by atoms with Crippen molar-refractivity contribution in [1.82, 2.24) is 10.2 Å². The summed E-state index contributed by atoms with van der Waals surface area (Å²) in [4.78, 5) is 2.20. The molecule has 0 amide bonds. The first-order valence-electron chi connectivity index (χ1n) is 36.4.